The first-order valence-corrected chi connectivity index (χ1v) is 6.73. The van der Waals surface area contributed by atoms with Crippen LogP contribution in [0.2, 0.25) is 0 Å². The van der Waals surface area contributed by atoms with E-state index in [9.17, 15) is 4.79 Å². The van der Waals surface area contributed by atoms with E-state index in [1.807, 2.05) is 10.3 Å². The Hall–Kier alpha value is -1.07. The molecule has 94 valence electrons. The van der Waals surface area contributed by atoms with Crippen LogP contribution in [0.5, 0.6) is 0 Å². The second-order valence-electron chi connectivity index (χ2n) is 4.78. The zero-order valence-electron chi connectivity index (χ0n) is 10.5. The molecule has 0 aliphatic carbocycles. The Morgan fingerprint density at radius 2 is 2.00 bits per heavy atom. The molecule has 5 heteroatoms. The number of nitrogen functional groups attached to an aromatic ring is 1. The Morgan fingerprint density at radius 3 is 2.47 bits per heavy atom. The molecule has 0 saturated carbocycles. The van der Waals surface area contributed by atoms with E-state index < -0.39 is 0 Å². The fraction of sp³-hybridized carbons (Fsp3) is 0.583. The minimum atomic E-state index is 0.0734. The average molecular weight is 253 g/mol. The highest BCUT2D eigenvalue weighted by Crippen LogP contribution is 2.23. The summed E-state index contributed by atoms with van der Waals surface area (Å²) in [4.78, 5) is 17.2. The van der Waals surface area contributed by atoms with Crippen molar-refractivity contribution in [2.75, 3.05) is 25.9 Å². The van der Waals surface area contributed by atoms with Gasteiger partial charge in [-0.25, -0.2) is 0 Å². The normalized spacial score (nSPS) is 26.2. The van der Waals surface area contributed by atoms with Gasteiger partial charge in [-0.05, 0) is 32.3 Å². The van der Waals surface area contributed by atoms with Gasteiger partial charge in [0.25, 0.3) is 5.91 Å². The van der Waals surface area contributed by atoms with Gasteiger partial charge in [-0.2, -0.15) is 0 Å². The summed E-state index contributed by atoms with van der Waals surface area (Å²) in [5.74, 6) is 0.0734. The van der Waals surface area contributed by atoms with Crippen LogP contribution in [-0.2, 0) is 0 Å². The van der Waals surface area contributed by atoms with Gasteiger partial charge in [0.2, 0.25) is 0 Å². The van der Waals surface area contributed by atoms with Gasteiger partial charge >= 0.3 is 0 Å². The van der Waals surface area contributed by atoms with E-state index >= 15 is 0 Å². The molecule has 0 aromatic carbocycles. The Kier molecular flexibility index (Phi) is 3.40. The van der Waals surface area contributed by atoms with Crippen LogP contribution < -0.4 is 5.73 Å². The highest BCUT2D eigenvalue weighted by atomic mass is 32.1. The number of piperazine rings is 1. The summed E-state index contributed by atoms with van der Waals surface area (Å²) in [7, 11) is 2.11. The maximum absolute atomic E-state index is 12.3. The molecule has 2 heterocycles. The number of carbonyl (C=O) groups excluding carboxylic acids is 1. The Bertz CT molecular complexity index is 406. The molecular formula is C12H19N3OS. The summed E-state index contributed by atoms with van der Waals surface area (Å²) in [6, 6.07) is 2.58. The molecule has 2 unspecified atom stereocenters. The van der Waals surface area contributed by atoms with Crippen LogP contribution in [0, 0.1) is 0 Å². The molecule has 1 aliphatic rings. The van der Waals surface area contributed by atoms with Crippen LogP contribution in [-0.4, -0.2) is 47.9 Å². The number of hydrogen-bond acceptors (Lipinski definition) is 4. The van der Waals surface area contributed by atoms with Crippen molar-refractivity contribution in [3.63, 3.8) is 0 Å². The lowest BCUT2D eigenvalue weighted by molar-refractivity contribution is 0.0419. The molecule has 17 heavy (non-hydrogen) atoms. The van der Waals surface area contributed by atoms with Crippen molar-refractivity contribution in [2.24, 2.45) is 0 Å². The number of carbonyl (C=O) groups is 1. The van der Waals surface area contributed by atoms with Gasteiger partial charge in [0.15, 0.2) is 0 Å². The SMILES string of the molecule is CC1CN(C(=O)c2sccc2N)CC(C)N1C. The number of rotatable bonds is 1. The van der Waals surface area contributed by atoms with E-state index in [0.717, 1.165) is 13.1 Å². The van der Waals surface area contributed by atoms with Crippen LogP contribution in [0.25, 0.3) is 0 Å². The number of anilines is 1. The second kappa shape index (κ2) is 4.66. The van der Waals surface area contributed by atoms with Crippen LogP contribution in [0.15, 0.2) is 11.4 Å². The van der Waals surface area contributed by atoms with Crippen molar-refractivity contribution in [2.45, 2.75) is 25.9 Å². The summed E-state index contributed by atoms with van der Waals surface area (Å²) >= 11 is 1.42. The highest BCUT2D eigenvalue weighted by molar-refractivity contribution is 7.12. The summed E-state index contributed by atoms with van der Waals surface area (Å²) < 4.78 is 0. The Labute approximate surface area is 106 Å². The summed E-state index contributed by atoms with van der Waals surface area (Å²) in [5.41, 5.74) is 6.39. The number of likely N-dealkylation sites (N-methyl/N-ethyl adjacent to an activating group) is 1. The molecule has 4 nitrogen and oxygen atoms in total. The molecule has 0 bridgehead atoms. The van der Waals surface area contributed by atoms with Crippen molar-refractivity contribution >= 4 is 22.9 Å². The molecular weight excluding hydrogens is 234 g/mol. The van der Waals surface area contributed by atoms with Crippen molar-refractivity contribution in [3.05, 3.63) is 16.3 Å². The molecule has 1 aromatic rings. The molecule has 2 atom stereocenters. The van der Waals surface area contributed by atoms with Crippen molar-refractivity contribution < 1.29 is 4.79 Å². The van der Waals surface area contributed by atoms with E-state index in [4.69, 9.17) is 5.73 Å². The van der Waals surface area contributed by atoms with Gasteiger partial charge in [-0.1, -0.05) is 0 Å². The van der Waals surface area contributed by atoms with Crippen LogP contribution in [0.1, 0.15) is 23.5 Å². The average Bonchev–Trinajstić information content (AvgIpc) is 2.70. The number of hydrogen-bond donors (Lipinski definition) is 1. The van der Waals surface area contributed by atoms with E-state index in [1.165, 1.54) is 11.3 Å². The fourth-order valence-electron chi connectivity index (χ4n) is 2.21. The van der Waals surface area contributed by atoms with Gasteiger partial charge in [-0.15, -0.1) is 11.3 Å². The molecule has 0 spiro atoms. The molecule has 2 N–H and O–H groups in total. The van der Waals surface area contributed by atoms with Crippen molar-refractivity contribution in [1.82, 2.24) is 9.80 Å². The van der Waals surface area contributed by atoms with Gasteiger partial charge in [0.05, 0.1) is 5.69 Å². The monoisotopic (exact) mass is 253 g/mol. The van der Waals surface area contributed by atoms with Crippen LogP contribution in [0.3, 0.4) is 0 Å². The zero-order chi connectivity index (χ0) is 12.6. The van der Waals surface area contributed by atoms with Crippen LogP contribution in [0.4, 0.5) is 5.69 Å². The van der Waals surface area contributed by atoms with Crippen molar-refractivity contribution in [3.8, 4) is 0 Å². The quantitative estimate of drug-likeness (QED) is 0.825. The summed E-state index contributed by atoms with van der Waals surface area (Å²) in [5, 5.41) is 1.87. The fourth-order valence-corrected chi connectivity index (χ4v) is 2.99. The largest absolute Gasteiger partial charge is 0.397 e. The highest BCUT2D eigenvalue weighted by Gasteiger charge is 2.30. The summed E-state index contributed by atoms with van der Waals surface area (Å²) in [6.07, 6.45) is 0. The predicted octanol–water partition coefficient (Wildman–Crippen LogP) is 1.49. The second-order valence-corrected chi connectivity index (χ2v) is 5.69. The first kappa shape index (κ1) is 12.4. The first-order valence-electron chi connectivity index (χ1n) is 5.85. The van der Waals surface area contributed by atoms with E-state index in [0.29, 0.717) is 22.6 Å². The molecule has 1 fully saturated rings. The van der Waals surface area contributed by atoms with E-state index in [-0.39, 0.29) is 5.91 Å². The van der Waals surface area contributed by atoms with Gasteiger partial charge < -0.3 is 10.6 Å². The third kappa shape index (κ3) is 2.30. The third-order valence-electron chi connectivity index (χ3n) is 3.54. The predicted molar refractivity (Wildman–Crippen MR) is 71.3 cm³/mol. The maximum atomic E-state index is 12.3. The van der Waals surface area contributed by atoms with E-state index in [1.54, 1.807) is 6.07 Å². The number of nitrogens with zero attached hydrogens (tertiary/aromatic N) is 2. The minimum Gasteiger partial charge on any atom is -0.397 e. The molecule has 1 amide bonds. The van der Waals surface area contributed by atoms with Gasteiger partial charge in [0.1, 0.15) is 4.88 Å². The zero-order valence-corrected chi connectivity index (χ0v) is 11.3. The van der Waals surface area contributed by atoms with Crippen molar-refractivity contribution in [1.29, 1.82) is 0 Å². The molecule has 2 rings (SSSR count). The number of amides is 1. The lowest BCUT2D eigenvalue weighted by atomic mass is 10.1. The molecule has 1 saturated heterocycles. The maximum Gasteiger partial charge on any atom is 0.266 e. The smallest absolute Gasteiger partial charge is 0.266 e. The Balaban J connectivity index is 2.14. The number of thiophene rings is 1. The first-order chi connectivity index (χ1) is 8.00. The Morgan fingerprint density at radius 1 is 1.41 bits per heavy atom. The third-order valence-corrected chi connectivity index (χ3v) is 4.46. The molecule has 1 aromatic heterocycles. The number of nitrogens with two attached hydrogens (primary N) is 1. The van der Waals surface area contributed by atoms with Gasteiger partial charge in [0, 0.05) is 25.2 Å². The molecule has 1 aliphatic heterocycles. The molecule has 0 radical (unpaired) electrons. The lowest BCUT2D eigenvalue weighted by Crippen LogP contribution is -2.56. The van der Waals surface area contributed by atoms with E-state index in [2.05, 4.69) is 25.8 Å². The topological polar surface area (TPSA) is 49.6 Å². The minimum absolute atomic E-state index is 0.0734. The lowest BCUT2D eigenvalue weighted by Gasteiger charge is -2.42. The summed E-state index contributed by atoms with van der Waals surface area (Å²) in [6.45, 7) is 5.84. The van der Waals surface area contributed by atoms with Crippen LogP contribution >= 0.6 is 11.3 Å². The standard InChI is InChI=1S/C12H19N3OS/c1-8-6-15(7-9(2)14(8)3)12(16)11-10(13)4-5-17-11/h4-5,8-9H,6-7,13H2,1-3H3. The van der Waals surface area contributed by atoms with Gasteiger partial charge in [-0.3, -0.25) is 9.69 Å².